The maximum Gasteiger partial charge on any atom is 0.227 e. The van der Waals surface area contributed by atoms with Gasteiger partial charge in [-0.3, -0.25) is 9.59 Å². The summed E-state index contributed by atoms with van der Waals surface area (Å²) in [6.45, 7) is 4.77. The van der Waals surface area contributed by atoms with Crippen LogP contribution in [0.5, 0.6) is 0 Å². The molecule has 0 aliphatic carbocycles. The molecule has 5 nitrogen and oxygen atoms in total. The summed E-state index contributed by atoms with van der Waals surface area (Å²) in [5.74, 6) is 0.0680. The van der Waals surface area contributed by atoms with Gasteiger partial charge in [-0.15, -0.1) is 0 Å². The van der Waals surface area contributed by atoms with E-state index >= 15 is 0 Å². The van der Waals surface area contributed by atoms with Gasteiger partial charge in [-0.2, -0.15) is 0 Å². The number of carbonyl (C=O) groups excluding carboxylic acids is 2. The summed E-state index contributed by atoms with van der Waals surface area (Å²) in [7, 11) is 0. The highest BCUT2D eigenvalue weighted by molar-refractivity contribution is 5.88. The highest BCUT2D eigenvalue weighted by atomic mass is 16.2. The molecule has 2 N–H and O–H groups in total. The molecule has 1 aromatic rings. The van der Waals surface area contributed by atoms with E-state index in [2.05, 4.69) is 10.6 Å². The first kappa shape index (κ1) is 13.5. The molecule has 1 saturated heterocycles. The van der Waals surface area contributed by atoms with E-state index in [1.165, 1.54) is 6.92 Å². The van der Waals surface area contributed by atoms with E-state index in [1.54, 1.807) is 0 Å². The first-order valence-electron chi connectivity index (χ1n) is 6.50. The molecule has 2 rings (SSSR count). The summed E-state index contributed by atoms with van der Waals surface area (Å²) in [4.78, 5) is 24.9. The molecule has 19 heavy (non-hydrogen) atoms. The summed E-state index contributed by atoms with van der Waals surface area (Å²) in [5, 5.41) is 5.93. The predicted octanol–water partition coefficient (Wildman–Crippen LogP) is 0.619. The van der Waals surface area contributed by atoms with Gasteiger partial charge in [-0.1, -0.05) is 12.1 Å². The SMILES string of the molecule is CC(=O)Nc1ccc(CC(=O)N2CCNCC2)cc1. The van der Waals surface area contributed by atoms with Crippen LogP contribution in [0, 0.1) is 0 Å². The number of nitrogens with zero attached hydrogens (tertiary/aromatic N) is 1. The molecule has 1 heterocycles. The first-order valence-corrected chi connectivity index (χ1v) is 6.50. The molecule has 1 aromatic carbocycles. The van der Waals surface area contributed by atoms with E-state index in [-0.39, 0.29) is 11.8 Å². The fraction of sp³-hybridized carbons (Fsp3) is 0.429. The van der Waals surface area contributed by atoms with Gasteiger partial charge in [0.05, 0.1) is 6.42 Å². The van der Waals surface area contributed by atoms with E-state index < -0.39 is 0 Å². The van der Waals surface area contributed by atoms with Crippen LogP contribution >= 0.6 is 0 Å². The lowest BCUT2D eigenvalue weighted by Gasteiger charge is -2.27. The van der Waals surface area contributed by atoms with Gasteiger partial charge in [0, 0.05) is 38.8 Å². The number of carbonyl (C=O) groups is 2. The van der Waals surface area contributed by atoms with E-state index in [0.717, 1.165) is 37.4 Å². The summed E-state index contributed by atoms with van der Waals surface area (Å²) in [5.41, 5.74) is 1.73. The molecule has 2 amide bonds. The highest BCUT2D eigenvalue weighted by Crippen LogP contribution is 2.11. The zero-order chi connectivity index (χ0) is 13.7. The third kappa shape index (κ3) is 4.06. The minimum absolute atomic E-state index is 0.0929. The molecule has 0 unspecified atom stereocenters. The van der Waals surface area contributed by atoms with Crippen LogP contribution < -0.4 is 10.6 Å². The second kappa shape index (κ2) is 6.33. The van der Waals surface area contributed by atoms with E-state index in [1.807, 2.05) is 29.2 Å². The van der Waals surface area contributed by atoms with Gasteiger partial charge in [0.25, 0.3) is 0 Å². The maximum absolute atomic E-state index is 12.1. The van der Waals surface area contributed by atoms with E-state index in [9.17, 15) is 9.59 Å². The van der Waals surface area contributed by atoms with Crippen LogP contribution in [0.2, 0.25) is 0 Å². The summed E-state index contributed by atoms with van der Waals surface area (Å²) in [6, 6.07) is 7.40. The Balaban J connectivity index is 1.91. The van der Waals surface area contributed by atoms with Crippen LogP contribution in [0.1, 0.15) is 12.5 Å². The van der Waals surface area contributed by atoms with Gasteiger partial charge in [0.15, 0.2) is 0 Å². The lowest BCUT2D eigenvalue weighted by Crippen LogP contribution is -2.46. The Kier molecular flexibility index (Phi) is 4.52. The number of rotatable bonds is 3. The number of hydrogen-bond donors (Lipinski definition) is 2. The van der Waals surface area contributed by atoms with Gasteiger partial charge < -0.3 is 15.5 Å². The number of amides is 2. The molecule has 1 aliphatic rings. The largest absolute Gasteiger partial charge is 0.340 e. The molecule has 0 spiro atoms. The van der Waals surface area contributed by atoms with Crippen molar-refractivity contribution < 1.29 is 9.59 Å². The molecule has 0 bridgehead atoms. The molecule has 1 fully saturated rings. The number of piperazine rings is 1. The van der Waals surface area contributed by atoms with E-state index in [0.29, 0.717) is 6.42 Å². The Hall–Kier alpha value is -1.88. The normalized spacial score (nSPS) is 15.1. The van der Waals surface area contributed by atoms with Crippen LogP contribution in [-0.2, 0) is 16.0 Å². The lowest BCUT2D eigenvalue weighted by molar-refractivity contribution is -0.131. The molecule has 5 heteroatoms. The van der Waals surface area contributed by atoms with Gasteiger partial charge in [0.1, 0.15) is 0 Å². The fourth-order valence-corrected chi connectivity index (χ4v) is 2.11. The monoisotopic (exact) mass is 261 g/mol. The van der Waals surface area contributed by atoms with Crippen LogP contribution in [-0.4, -0.2) is 42.9 Å². The molecular formula is C14H19N3O2. The van der Waals surface area contributed by atoms with Crippen molar-refractivity contribution in [3.63, 3.8) is 0 Å². The van der Waals surface area contributed by atoms with Crippen molar-refractivity contribution in [1.82, 2.24) is 10.2 Å². The predicted molar refractivity (Wildman–Crippen MR) is 73.9 cm³/mol. The summed E-state index contributed by atoms with van der Waals surface area (Å²) < 4.78 is 0. The van der Waals surface area contributed by atoms with Crippen LogP contribution in [0.15, 0.2) is 24.3 Å². The molecule has 0 radical (unpaired) electrons. The fourth-order valence-electron chi connectivity index (χ4n) is 2.11. The van der Waals surface area contributed by atoms with Crippen molar-refractivity contribution in [3.8, 4) is 0 Å². The van der Waals surface area contributed by atoms with Crippen molar-refractivity contribution in [2.45, 2.75) is 13.3 Å². The quantitative estimate of drug-likeness (QED) is 0.838. The topological polar surface area (TPSA) is 61.4 Å². The third-order valence-electron chi connectivity index (χ3n) is 3.10. The summed E-state index contributed by atoms with van der Waals surface area (Å²) >= 11 is 0. The van der Waals surface area contributed by atoms with Crippen molar-refractivity contribution in [3.05, 3.63) is 29.8 Å². The highest BCUT2D eigenvalue weighted by Gasteiger charge is 2.16. The molecular weight excluding hydrogens is 242 g/mol. The number of benzene rings is 1. The average molecular weight is 261 g/mol. The van der Waals surface area contributed by atoms with Crippen LogP contribution in [0.4, 0.5) is 5.69 Å². The van der Waals surface area contributed by atoms with Crippen molar-refractivity contribution in [1.29, 1.82) is 0 Å². The second-order valence-electron chi connectivity index (χ2n) is 4.69. The minimum Gasteiger partial charge on any atom is -0.340 e. The van der Waals surface area contributed by atoms with E-state index in [4.69, 9.17) is 0 Å². The van der Waals surface area contributed by atoms with Crippen LogP contribution in [0.3, 0.4) is 0 Å². The number of hydrogen-bond acceptors (Lipinski definition) is 3. The third-order valence-corrected chi connectivity index (χ3v) is 3.10. The zero-order valence-electron chi connectivity index (χ0n) is 11.1. The Labute approximate surface area is 113 Å². The minimum atomic E-state index is -0.0929. The molecule has 0 atom stereocenters. The Morgan fingerprint density at radius 2 is 1.84 bits per heavy atom. The zero-order valence-corrected chi connectivity index (χ0v) is 11.1. The molecule has 0 aromatic heterocycles. The average Bonchev–Trinajstić information content (AvgIpc) is 2.41. The number of anilines is 1. The van der Waals surface area contributed by atoms with Crippen molar-refractivity contribution in [2.75, 3.05) is 31.5 Å². The molecule has 0 saturated carbocycles. The van der Waals surface area contributed by atoms with Gasteiger partial charge in [-0.05, 0) is 17.7 Å². The van der Waals surface area contributed by atoms with Crippen molar-refractivity contribution in [2.24, 2.45) is 0 Å². The number of nitrogens with one attached hydrogen (secondary N) is 2. The van der Waals surface area contributed by atoms with Crippen molar-refractivity contribution >= 4 is 17.5 Å². The first-order chi connectivity index (χ1) is 9.15. The van der Waals surface area contributed by atoms with Gasteiger partial charge in [-0.25, -0.2) is 0 Å². The Bertz CT molecular complexity index is 450. The standard InChI is InChI=1S/C14H19N3O2/c1-11(18)16-13-4-2-12(3-5-13)10-14(19)17-8-6-15-7-9-17/h2-5,15H,6-10H2,1H3,(H,16,18). The van der Waals surface area contributed by atoms with Gasteiger partial charge >= 0.3 is 0 Å². The molecule has 1 aliphatic heterocycles. The second-order valence-corrected chi connectivity index (χ2v) is 4.69. The maximum atomic E-state index is 12.1. The van der Waals surface area contributed by atoms with Crippen LogP contribution in [0.25, 0.3) is 0 Å². The molecule has 102 valence electrons. The summed E-state index contributed by atoms with van der Waals surface area (Å²) in [6.07, 6.45) is 0.417. The Morgan fingerprint density at radius 3 is 2.42 bits per heavy atom. The smallest absolute Gasteiger partial charge is 0.227 e. The Morgan fingerprint density at radius 1 is 1.21 bits per heavy atom. The lowest BCUT2D eigenvalue weighted by atomic mass is 10.1. The van der Waals surface area contributed by atoms with Gasteiger partial charge in [0.2, 0.25) is 11.8 Å².